The fourth-order valence-corrected chi connectivity index (χ4v) is 11.2. The van der Waals surface area contributed by atoms with Crippen LogP contribution >= 0.6 is 0 Å². The van der Waals surface area contributed by atoms with Crippen molar-refractivity contribution in [2.45, 2.75) is 25.4 Å². The Morgan fingerprint density at radius 2 is 1.21 bits per heavy atom. The maximum atomic E-state index is 7.49. The Labute approximate surface area is 359 Å². The van der Waals surface area contributed by atoms with Crippen LogP contribution in [-0.2, 0) is 5.41 Å². The maximum Gasteiger partial charge on any atom is 0.261 e. The fourth-order valence-electron chi connectivity index (χ4n) is 11.2. The summed E-state index contributed by atoms with van der Waals surface area (Å²) in [5.74, 6) is 2.51. The van der Waals surface area contributed by atoms with Crippen LogP contribution in [0.5, 0.6) is 17.2 Å². The highest BCUT2D eigenvalue weighted by molar-refractivity contribution is 7.02. The van der Waals surface area contributed by atoms with Gasteiger partial charge in [0.15, 0.2) is 0 Å². The Balaban J connectivity index is 1.13. The third-order valence-electron chi connectivity index (χ3n) is 13.9. The average Bonchev–Trinajstić information content (AvgIpc) is 3.84. The van der Waals surface area contributed by atoms with Crippen molar-refractivity contribution in [1.82, 2.24) is 0 Å². The minimum atomic E-state index is -0.416. The highest BCUT2D eigenvalue weighted by Gasteiger charge is 2.55. The summed E-state index contributed by atoms with van der Waals surface area (Å²) in [6, 6.07) is 56.8. The van der Waals surface area contributed by atoms with Gasteiger partial charge in [-0.05, 0) is 107 Å². The zero-order valence-electron chi connectivity index (χ0n) is 34.1. The van der Waals surface area contributed by atoms with E-state index in [1.807, 2.05) is 6.07 Å². The highest BCUT2D eigenvalue weighted by Crippen LogP contribution is 2.58. The summed E-state index contributed by atoms with van der Waals surface area (Å²) >= 11 is 0. The van der Waals surface area contributed by atoms with Crippen molar-refractivity contribution in [3.8, 4) is 39.5 Å². The van der Waals surface area contributed by atoms with E-state index in [9.17, 15) is 0 Å². The molecule has 9 aromatic rings. The molecule has 0 bridgehead atoms. The summed E-state index contributed by atoms with van der Waals surface area (Å²) in [4.78, 5) is 4.99. The lowest BCUT2D eigenvalue weighted by atomic mass is 9.32. The van der Waals surface area contributed by atoms with Gasteiger partial charge in [0, 0.05) is 51.5 Å². The first-order valence-electron chi connectivity index (χ1n) is 21.5. The van der Waals surface area contributed by atoms with Gasteiger partial charge in [-0.1, -0.05) is 121 Å². The lowest BCUT2D eigenvalue weighted by molar-refractivity contribution is 0.228. The molecule has 5 aliphatic rings. The number of nitrogens with zero attached hydrogens (tertiary/aromatic N) is 2. The molecule has 5 heterocycles. The van der Waals surface area contributed by atoms with Crippen LogP contribution in [0, 0.1) is 6.92 Å². The molecule has 8 aromatic carbocycles. The van der Waals surface area contributed by atoms with Gasteiger partial charge in [-0.25, -0.2) is 0 Å². The van der Waals surface area contributed by atoms with Crippen molar-refractivity contribution in [2.75, 3.05) is 9.80 Å². The Kier molecular flexibility index (Phi) is 6.71. The number of allylic oxidation sites excluding steroid dienone is 2. The number of ether oxygens (including phenoxy) is 2. The third-order valence-corrected chi connectivity index (χ3v) is 13.9. The molecule has 0 amide bonds. The molecule has 62 heavy (non-hydrogen) atoms. The van der Waals surface area contributed by atoms with E-state index in [0.717, 1.165) is 89.9 Å². The van der Waals surface area contributed by atoms with Gasteiger partial charge < -0.3 is 23.7 Å². The van der Waals surface area contributed by atoms with Crippen molar-refractivity contribution in [2.24, 2.45) is 0 Å². The monoisotopic (exact) mass is 796 g/mol. The number of para-hydroxylation sites is 1. The molecule has 0 spiro atoms. The molecule has 1 aromatic heterocycles. The molecule has 14 rings (SSSR count). The molecule has 292 valence electrons. The largest absolute Gasteiger partial charge is 0.485 e. The molecule has 6 heteroatoms. The summed E-state index contributed by atoms with van der Waals surface area (Å²) in [5.41, 5.74) is 18.5. The normalized spacial score (nSPS) is 18.1. The van der Waals surface area contributed by atoms with Crippen LogP contribution in [0.2, 0.25) is 0 Å². The van der Waals surface area contributed by atoms with Gasteiger partial charge in [-0.3, -0.25) is 0 Å². The maximum absolute atomic E-state index is 7.49. The first-order valence-corrected chi connectivity index (χ1v) is 21.5. The Morgan fingerprint density at radius 1 is 0.565 bits per heavy atom. The van der Waals surface area contributed by atoms with E-state index >= 15 is 0 Å². The van der Waals surface area contributed by atoms with E-state index in [4.69, 9.17) is 13.9 Å². The first-order chi connectivity index (χ1) is 30.5. The van der Waals surface area contributed by atoms with Crippen LogP contribution in [0.25, 0.3) is 44.2 Å². The van der Waals surface area contributed by atoms with Crippen molar-refractivity contribution in [3.05, 3.63) is 193 Å². The second-order valence-electron chi connectivity index (χ2n) is 17.4. The van der Waals surface area contributed by atoms with Crippen LogP contribution in [0.3, 0.4) is 0 Å². The molecule has 1 aliphatic carbocycles. The van der Waals surface area contributed by atoms with Gasteiger partial charge in [-0.15, -0.1) is 0 Å². The van der Waals surface area contributed by atoms with Crippen molar-refractivity contribution in [3.63, 3.8) is 0 Å². The van der Waals surface area contributed by atoms with E-state index in [1.54, 1.807) is 0 Å². The smallest absolute Gasteiger partial charge is 0.261 e. The van der Waals surface area contributed by atoms with Gasteiger partial charge in [0.1, 0.15) is 34.5 Å². The summed E-state index contributed by atoms with van der Waals surface area (Å²) in [6.45, 7) is 4.42. The summed E-state index contributed by atoms with van der Waals surface area (Å²) in [7, 11) is 0. The molecular weight excluding hydrogens is 759 g/mol. The van der Waals surface area contributed by atoms with Crippen LogP contribution < -0.4 is 35.7 Å². The summed E-state index contributed by atoms with van der Waals surface area (Å²) in [6.07, 6.45) is 8.65. The van der Waals surface area contributed by atoms with E-state index in [2.05, 4.69) is 200 Å². The fraction of sp³-hybridized carbons (Fsp3) is 0.0714. The van der Waals surface area contributed by atoms with Crippen molar-refractivity contribution in [1.29, 1.82) is 0 Å². The number of aryl methyl sites for hydroxylation is 1. The second-order valence-corrected chi connectivity index (χ2v) is 17.4. The molecule has 0 saturated heterocycles. The lowest BCUT2D eigenvalue weighted by Crippen LogP contribution is -2.63. The number of fused-ring (bicyclic) bond motifs is 8. The quantitative estimate of drug-likeness (QED) is 0.166. The Morgan fingerprint density at radius 3 is 1.95 bits per heavy atom. The number of hydrogen-bond donors (Lipinski definition) is 0. The zero-order chi connectivity index (χ0) is 40.8. The predicted molar refractivity (Wildman–Crippen MR) is 253 cm³/mol. The molecule has 0 N–H and O–H groups in total. The Hall–Kier alpha value is -7.70. The molecule has 2 atom stereocenters. The van der Waals surface area contributed by atoms with Crippen LogP contribution in [0.1, 0.15) is 18.1 Å². The predicted octanol–water partition coefficient (Wildman–Crippen LogP) is 12.6. The van der Waals surface area contributed by atoms with Crippen LogP contribution in [-0.4, -0.2) is 12.8 Å². The molecular formula is C56H37BN2O3. The van der Waals surface area contributed by atoms with E-state index in [1.165, 1.54) is 33.2 Å². The average molecular weight is 797 g/mol. The molecule has 2 unspecified atom stereocenters. The number of benzene rings is 8. The SMILES string of the molecule is Cc1cc2c3c(c1)N(c1cccc(-c4ccccc4)c1)c1c4c(cc5c1C1(C)C=CC=CC1O5)Oc1c(c(cc5oc6ccccc6c15)N2c1cccc(-c2ccccc2)c1)B34. The topological polar surface area (TPSA) is 38.1 Å². The molecule has 5 nitrogen and oxygen atoms in total. The summed E-state index contributed by atoms with van der Waals surface area (Å²) in [5, 5.41) is 2.03. The molecule has 0 saturated carbocycles. The first kappa shape index (κ1) is 34.1. The van der Waals surface area contributed by atoms with Gasteiger partial charge >= 0.3 is 0 Å². The number of rotatable bonds is 4. The zero-order valence-corrected chi connectivity index (χ0v) is 34.1. The number of furan rings is 1. The summed E-state index contributed by atoms with van der Waals surface area (Å²) < 4.78 is 21.2. The van der Waals surface area contributed by atoms with Crippen LogP contribution in [0.4, 0.5) is 34.1 Å². The van der Waals surface area contributed by atoms with Crippen molar-refractivity contribution < 1.29 is 13.9 Å². The lowest BCUT2D eigenvalue weighted by Gasteiger charge is -2.47. The second kappa shape index (κ2) is 12.2. The molecule has 4 aliphatic heterocycles. The number of anilines is 6. The van der Waals surface area contributed by atoms with Gasteiger partial charge in [-0.2, -0.15) is 0 Å². The minimum absolute atomic E-state index is 0.138. The van der Waals surface area contributed by atoms with E-state index < -0.39 is 5.41 Å². The van der Waals surface area contributed by atoms with Gasteiger partial charge in [0.2, 0.25) is 0 Å². The van der Waals surface area contributed by atoms with E-state index in [0.29, 0.717) is 0 Å². The highest BCUT2D eigenvalue weighted by atomic mass is 16.5. The molecule has 0 fully saturated rings. The minimum Gasteiger partial charge on any atom is -0.485 e. The van der Waals surface area contributed by atoms with Crippen molar-refractivity contribution >= 4 is 79.2 Å². The standard InChI is InChI=1S/C56H37BN2O3/c1-33-27-41-51-42(28-33)59(39-22-14-20-37(30-39)35-17-7-4-8-18-35)54-50-46(61-48-25-11-12-26-56(48,50)2)32-47-53(54)57(51)52-43(31-45-49(55(52)62-47)40-23-9-10-24-44(40)60-45)58(41)38-21-13-19-36(29-38)34-15-5-3-6-16-34/h3-32,48H,1-2H3. The van der Waals surface area contributed by atoms with E-state index in [-0.39, 0.29) is 12.8 Å². The van der Waals surface area contributed by atoms with Gasteiger partial charge in [0.25, 0.3) is 6.71 Å². The van der Waals surface area contributed by atoms with Gasteiger partial charge in [0.05, 0.1) is 16.5 Å². The molecule has 0 radical (unpaired) electrons. The van der Waals surface area contributed by atoms with Crippen LogP contribution in [0.15, 0.2) is 186 Å². The Bertz CT molecular complexity index is 3480. The number of hydrogen-bond acceptors (Lipinski definition) is 5. The third kappa shape index (κ3) is 4.48.